The van der Waals surface area contributed by atoms with Crippen LogP contribution in [0.2, 0.25) is 0 Å². The molecule has 4 aromatic rings. The molecular formula is C27H23F2NO2S. The molecule has 6 heteroatoms. The first-order chi connectivity index (χ1) is 16.0. The van der Waals surface area contributed by atoms with Gasteiger partial charge in [-0.25, -0.2) is 8.78 Å². The van der Waals surface area contributed by atoms with Crippen molar-refractivity contribution in [2.75, 3.05) is 6.61 Å². The van der Waals surface area contributed by atoms with Crippen molar-refractivity contribution in [3.8, 4) is 39.5 Å². The van der Waals surface area contributed by atoms with Crippen molar-refractivity contribution in [3.63, 3.8) is 0 Å². The van der Waals surface area contributed by atoms with Gasteiger partial charge < -0.3 is 14.0 Å². The second-order valence-electron chi connectivity index (χ2n) is 7.63. The van der Waals surface area contributed by atoms with Crippen molar-refractivity contribution in [1.29, 1.82) is 0 Å². The summed E-state index contributed by atoms with van der Waals surface area (Å²) in [5.74, 6) is 0.675. The normalized spacial score (nSPS) is 10.8. The zero-order chi connectivity index (χ0) is 23.4. The van der Waals surface area contributed by atoms with Crippen LogP contribution in [0.4, 0.5) is 8.78 Å². The van der Waals surface area contributed by atoms with Crippen LogP contribution in [0.25, 0.3) is 22.3 Å². The number of para-hydroxylation sites is 1. The molecule has 3 nitrogen and oxygen atoms in total. The van der Waals surface area contributed by atoms with Crippen LogP contribution < -0.4 is 9.47 Å². The molecule has 3 aromatic carbocycles. The summed E-state index contributed by atoms with van der Waals surface area (Å²) >= 11 is 5.75. The van der Waals surface area contributed by atoms with Crippen molar-refractivity contribution >= 4 is 12.2 Å². The smallest absolute Gasteiger partial charge is 0.135 e. The predicted octanol–water partition coefficient (Wildman–Crippen LogP) is 7.95. The molecule has 0 fully saturated rings. The zero-order valence-electron chi connectivity index (χ0n) is 18.3. The van der Waals surface area contributed by atoms with Gasteiger partial charge in [0.15, 0.2) is 0 Å². The molecule has 1 heterocycles. The molecule has 1 aromatic heterocycles. The van der Waals surface area contributed by atoms with Gasteiger partial charge in [0, 0.05) is 53.8 Å². The molecule has 0 saturated carbocycles. The Hall–Kier alpha value is -3.51. The summed E-state index contributed by atoms with van der Waals surface area (Å²) in [6.07, 6.45) is 4.52. The average molecular weight is 464 g/mol. The maximum Gasteiger partial charge on any atom is 0.135 e. The number of ether oxygens (including phenoxy) is 2. The van der Waals surface area contributed by atoms with E-state index in [0.29, 0.717) is 33.7 Å². The molecule has 0 saturated heterocycles. The first kappa shape index (κ1) is 22.7. The molecule has 33 heavy (non-hydrogen) atoms. The van der Waals surface area contributed by atoms with E-state index in [-0.39, 0.29) is 5.56 Å². The molecule has 0 atom stereocenters. The Morgan fingerprint density at radius 3 is 2.30 bits per heavy atom. The molecule has 0 radical (unpaired) electrons. The number of pyridine rings is 1. The monoisotopic (exact) mass is 463 g/mol. The van der Waals surface area contributed by atoms with Gasteiger partial charge >= 0.3 is 0 Å². The second kappa shape index (κ2) is 9.96. The van der Waals surface area contributed by atoms with Gasteiger partial charge in [-0.2, -0.15) is 0 Å². The Kier molecular flexibility index (Phi) is 6.84. The zero-order valence-corrected chi connectivity index (χ0v) is 19.2. The maximum absolute atomic E-state index is 14.5. The topological polar surface area (TPSA) is 23.4 Å². The van der Waals surface area contributed by atoms with Gasteiger partial charge in [0.2, 0.25) is 0 Å². The fourth-order valence-corrected chi connectivity index (χ4v) is 3.88. The summed E-state index contributed by atoms with van der Waals surface area (Å²) in [7, 11) is 1.83. The molecule has 4 rings (SSSR count). The highest BCUT2D eigenvalue weighted by Gasteiger charge is 2.15. The summed E-state index contributed by atoms with van der Waals surface area (Å²) in [6.45, 7) is 2.68. The number of aryl methyl sites for hydroxylation is 1. The minimum Gasteiger partial charge on any atom is -0.493 e. The quantitative estimate of drug-likeness (QED) is 0.260. The van der Waals surface area contributed by atoms with E-state index in [2.05, 4.69) is 6.92 Å². The Morgan fingerprint density at radius 2 is 1.55 bits per heavy atom. The van der Waals surface area contributed by atoms with Gasteiger partial charge in [-0.05, 0) is 36.8 Å². The number of hydrogen-bond donors (Lipinski definition) is 0. The summed E-state index contributed by atoms with van der Waals surface area (Å²) in [5, 5.41) is 0. The Balaban J connectivity index is 1.77. The van der Waals surface area contributed by atoms with Crippen LogP contribution in [0.5, 0.6) is 17.2 Å². The minimum absolute atomic E-state index is 0.248. The molecule has 0 amide bonds. The van der Waals surface area contributed by atoms with E-state index in [0.717, 1.165) is 23.8 Å². The van der Waals surface area contributed by atoms with Gasteiger partial charge in [0.05, 0.1) is 11.1 Å². The molecule has 0 N–H and O–H groups in total. The average Bonchev–Trinajstić information content (AvgIpc) is 2.80. The first-order valence-corrected chi connectivity index (χ1v) is 11.0. The summed E-state index contributed by atoms with van der Waals surface area (Å²) < 4.78 is 42.2. The van der Waals surface area contributed by atoms with Gasteiger partial charge in [0.1, 0.15) is 28.9 Å². The molecule has 0 unspecified atom stereocenters. The van der Waals surface area contributed by atoms with Crippen LogP contribution >= 0.6 is 12.2 Å². The van der Waals surface area contributed by atoms with E-state index in [1.54, 1.807) is 10.8 Å². The summed E-state index contributed by atoms with van der Waals surface area (Å²) in [5.41, 5.74) is 2.23. The molecule has 168 valence electrons. The largest absolute Gasteiger partial charge is 0.493 e. The lowest BCUT2D eigenvalue weighted by molar-refractivity contribution is 0.316. The van der Waals surface area contributed by atoms with Gasteiger partial charge in [0.25, 0.3) is 0 Å². The van der Waals surface area contributed by atoms with Crippen LogP contribution in [-0.2, 0) is 7.05 Å². The van der Waals surface area contributed by atoms with Crippen molar-refractivity contribution in [3.05, 3.63) is 95.3 Å². The standard InChI is InChI=1S/C27H23F2NO2S/c1-3-13-31-19-7-6-8-20(15-19)32-26-10-5-4-9-22(26)24-17-30(2)16-23(27(24)33)21-12-11-18(28)14-25(21)29/h4-12,14-17H,3,13H2,1-2H3. The number of aromatic nitrogens is 1. The lowest BCUT2D eigenvalue weighted by Crippen LogP contribution is -1.98. The predicted molar refractivity (Wildman–Crippen MR) is 129 cm³/mol. The van der Waals surface area contributed by atoms with Crippen molar-refractivity contribution in [1.82, 2.24) is 4.57 Å². The summed E-state index contributed by atoms with van der Waals surface area (Å²) in [4.78, 5) is 0. The second-order valence-corrected chi connectivity index (χ2v) is 8.03. The Labute approximate surface area is 196 Å². The summed E-state index contributed by atoms with van der Waals surface area (Å²) in [6, 6.07) is 18.5. The highest BCUT2D eigenvalue weighted by molar-refractivity contribution is 7.71. The third kappa shape index (κ3) is 5.12. The first-order valence-electron chi connectivity index (χ1n) is 10.6. The molecule has 0 aliphatic carbocycles. The van der Waals surface area contributed by atoms with E-state index < -0.39 is 11.6 Å². The van der Waals surface area contributed by atoms with Gasteiger partial charge in [-0.3, -0.25) is 0 Å². The molecule has 0 bridgehead atoms. The maximum atomic E-state index is 14.5. The van der Waals surface area contributed by atoms with Crippen LogP contribution in [0, 0.1) is 16.1 Å². The number of nitrogens with zero attached hydrogens (tertiary/aromatic N) is 1. The van der Waals surface area contributed by atoms with Crippen LogP contribution in [0.1, 0.15) is 13.3 Å². The third-order valence-electron chi connectivity index (χ3n) is 5.06. The fraction of sp³-hybridized carbons (Fsp3) is 0.148. The molecule has 0 aliphatic heterocycles. The van der Waals surface area contributed by atoms with Gasteiger partial charge in [-0.15, -0.1) is 0 Å². The molecule has 0 spiro atoms. The van der Waals surface area contributed by atoms with Crippen LogP contribution in [0.3, 0.4) is 0 Å². The number of rotatable bonds is 7. The number of halogens is 2. The van der Waals surface area contributed by atoms with Crippen molar-refractivity contribution < 1.29 is 18.3 Å². The third-order valence-corrected chi connectivity index (χ3v) is 5.50. The highest BCUT2D eigenvalue weighted by Crippen LogP contribution is 2.37. The Morgan fingerprint density at radius 1 is 0.818 bits per heavy atom. The lowest BCUT2D eigenvalue weighted by Gasteiger charge is -2.15. The minimum atomic E-state index is -0.660. The Bertz CT molecular complexity index is 1350. The number of hydrogen-bond acceptors (Lipinski definition) is 3. The van der Waals surface area contributed by atoms with E-state index in [1.165, 1.54) is 12.1 Å². The fourth-order valence-electron chi connectivity index (χ4n) is 3.55. The highest BCUT2D eigenvalue weighted by atomic mass is 32.1. The van der Waals surface area contributed by atoms with Crippen molar-refractivity contribution in [2.45, 2.75) is 13.3 Å². The van der Waals surface area contributed by atoms with Crippen molar-refractivity contribution in [2.24, 2.45) is 7.05 Å². The van der Waals surface area contributed by atoms with Crippen LogP contribution in [-0.4, -0.2) is 11.2 Å². The molecule has 0 aliphatic rings. The van der Waals surface area contributed by atoms with Crippen LogP contribution in [0.15, 0.2) is 79.1 Å². The SMILES string of the molecule is CCCOc1cccc(Oc2ccccc2-c2cn(C)cc(-c3ccc(F)cc3F)c2=S)c1. The van der Waals surface area contributed by atoms with E-state index in [1.807, 2.05) is 61.8 Å². The number of benzene rings is 3. The van der Waals surface area contributed by atoms with Gasteiger partial charge in [-0.1, -0.05) is 43.4 Å². The molecular weight excluding hydrogens is 440 g/mol. The van der Waals surface area contributed by atoms with E-state index in [4.69, 9.17) is 21.7 Å². The van der Waals surface area contributed by atoms with E-state index >= 15 is 0 Å². The lowest BCUT2D eigenvalue weighted by atomic mass is 10.0. The van der Waals surface area contributed by atoms with E-state index in [9.17, 15) is 8.78 Å².